The number of hydrogen-bond acceptors (Lipinski definition) is 1. The highest BCUT2D eigenvalue weighted by Gasteiger charge is 2.53. The van der Waals surface area contributed by atoms with Crippen molar-refractivity contribution in [1.82, 2.24) is 4.57 Å². The monoisotopic (exact) mass is 962 g/mol. The summed E-state index contributed by atoms with van der Waals surface area (Å²) in [6, 6.07) is 105. The van der Waals surface area contributed by atoms with Crippen molar-refractivity contribution in [2.75, 3.05) is 4.90 Å². The Labute approximate surface area is 441 Å². The van der Waals surface area contributed by atoms with Gasteiger partial charge >= 0.3 is 0 Å². The third-order valence-corrected chi connectivity index (χ3v) is 17.6. The fourth-order valence-electron chi connectivity index (χ4n) is 14.7. The number of fused-ring (bicyclic) bond motifs is 22. The molecule has 1 unspecified atom stereocenters. The summed E-state index contributed by atoms with van der Waals surface area (Å²) in [6.45, 7) is 0. The number of anilines is 3. The average molecular weight is 963 g/mol. The first kappa shape index (κ1) is 41.7. The molecule has 4 aliphatic rings. The molecule has 0 radical (unpaired) electrons. The zero-order valence-corrected chi connectivity index (χ0v) is 41.5. The fraction of sp³-hybridized carbons (Fsp3) is 0.0270. The van der Waals surface area contributed by atoms with Crippen LogP contribution in [0.3, 0.4) is 0 Å². The normalized spacial score (nSPS) is 15.3. The molecule has 0 saturated carbocycles. The minimum absolute atomic E-state index is 0.481. The quantitative estimate of drug-likeness (QED) is 0.167. The Balaban J connectivity index is 0.911. The smallest absolute Gasteiger partial charge is 0.0754 e. The van der Waals surface area contributed by atoms with E-state index in [1.54, 1.807) is 0 Å². The van der Waals surface area contributed by atoms with Crippen LogP contribution in [0.15, 0.2) is 279 Å². The highest BCUT2D eigenvalue weighted by atomic mass is 15.1. The van der Waals surface area contributed by atoms with Gasteiger partial charge < -0.3 is 9.47 Å². The van der Waals surface area contributed by atoms with Crippen molar-refractivity contribution in [2.45, 2.75) is 10.8 Å². The fourth-order valence-corrected chi connectivity index (χ4v) is 14.7. The Hall–Kier alpha value is -9.76. The van der Waals surface area contributed by atoms with Gasteiger partial charge in [-0.05, 0) is 143 Å². The molecule has 2 heterocycles. The number of nitrogens with zero attached hydrogens (tertiary/aromatic N) is 2. The van der Waals surface area contributed by atoms with Gasteiger partial charge in [0, 0.05) is 27.7 Å². The molecule has 0 amide bonds. The van der Waals surface area contributed by atoms with Gasteiger partial charge in [-0.1, -0.05) is 231 Å². The molecule has 352 valence electrons. The molecule has 1 aromatic heterocycles. The van der Waals surface area contributed by atoms with E-state index in [-0.39, 0.29) is 0 Å². The van der Waals surface area contributed by atoms with E-state index in [0.717, 1.165) is 22.6 Å². The highest BCUT2D eigenvalue weighted by Crippen LogP contribution is 2.65. The standard InChI is InChI=1S/C74H46N2/c1-2-19-47(20-3-1)48-37-40-50(41-38-48)75(51-42-44-58-56-25-6-12-30-63(56)73(68(58)46-51)61-28-10-4-22-53(61)54-23-5-11-29-62(54)73)69-34-15-8-21-52(69)49-39-43-57-55-24-7-13-31-64(55)74(67(57)45-49)65-32-14-17-36-71(65)76-70-35-16-9-26-59(70)60-27-18-33-66(74)72(60)76/h1-46H. The van der Waals surface area contributed by atoms with Gasteiger partial charge in [-0.25, -0.2) is 0 Å². The number of benzene rings is 12. The summed E-state index contributed by atoms with van der Waals surface area (Å²) in [5, 5.41) is 2.56. The van der Waals surface area contributed by atoms with E-state index in [9.17, 15) is 0 Å². The lowest BCUT2D eigenvalue weighted by Gasteiger charge is -2.39. The van der Waals surface area contributed by atoms with E-state index in [4.69, 9.17) is 0 Å². The molecule has 12 aromatic carbocycles. The summed E-state index contributed by atoms with van der Waals surface area (Å²) in [7, 11) is 0. The van der Waals surface area contributed by atoms with Crippen molar-refractivity contribution in [1.29, 1.82) is 0 Å². The van der Waals surface area contributed by atoms with Gasteiger partial charge in [0.1, 0.15) is 0 Å². The van der Waals surface area contributed by atoms with Crippen LogP contribution in [0.25, 0.3) is 83.1 Å². The number of hydrogen-bond donors (Lipinski definition) is 0. The lowest BCUT2D eigenvalue weighted by atomic mass is 9.65. The van der Waals surface area contributed by atoms with E-state index in [1.165, 1.54) is 122 Å². The van der Waals surface area contributed by atoms with Crippen LogP contribution in [-0.4, -0.2) is 4.57 Å². The van der Waals surface area contributed by atoms with Crippen molar-refractivity contribution in [3.8, 4) is 61.3 Å². The maximum Gasteiger partial charge on any atom is 0.0754 e. The van der Waals surface area contributed by atoms with Gasteiger partial charge in [-0.3, -0.25) is 0 Å². The van der Waals surface area contributed by atoms with Crippen LogP contribution in [0.2, 0.25) is 0 Å². The third-order valence-electron chi connectivity index (χ3n) is 17.6. The second-order valence-electron chi connectivity index (χ2n) is 21.0. The van der Waals surface area contributed by atoms with Crippen LogP contribution < -0.4 is 4.90 Å². The first-order valence-corrected chi connectivity index (χ1v) is 26.6. The molecular formula is C74H46N2. The molecule has 1 atom stereocenters. The Bertz CT molecular complexity index is 4530. The SMILES string of the molecule is c1ccc(-c2ccc(N(c3ccc4c(c3)C3(c5ccccc5-c5ccccc53)c3ccccc3-4)c3ccccc3-c3ccc4c(c3)C3(c5ccccc5-4)c4ccccc4-n4c5ccccc5c5cccc3c54)cc2)cc1. The van der Waals surface area contributed by atoms with Crippen molar-refractivity contribution in [3.05, 3.63) is 324 Å². The van der Waals surface area contributed by atoms with Crippen LogP contribution >= 0.6 is 0 Å². The Kier molecular flexibility index (Phi) is 8.44. The predicted octanol–water partition coefficient (Wildman–Crippen LogP) is 18.6. The molecule has 0 fully saturated rings. The zero-order valence-electron chi connectivity index (χ0n) is 41.5. The van der Waals surface area contributed by atoms with E-state index in [2.05, 4.69) is 289 Å². The lowest BCUT2D eigenvalue weighted by Crippen LogP contribution is -2.33. The topological polar surface area (TPSA) is 8.17 Å². The summed E-state index contributed by atoms with van der Waals surface area (Å²) in [5.74, 6) is 0. The van der Waals surface area contributed by atoms with Crippen molar-refractivity contribution in [2.24, 2.45) is 0 Å². The summed E-state index contributed by atoms with van der Waals surface area (Å²) in [5.41, 5.74) is 29.1. The predicted molar refractivity (Wildman–Crippen MR) is 313 cm³/mol. The van der Waals surface area contributed by atoms with Crippen LogP contribution in [0, 0.1) is 0 Å². The number of para-hydroxylation sites is 4. The molecule has 3 aliphatic carbocycles. The minimum atomic E-state index is -0.568. The summed E-state index contributed by atoms with van der Waals surface area (Å²) < 4.78 is 2.53. The van der Waals surface area contributed by atoms with E-state index in [1.807, 2.05) is 0 Å². The Morgan fingerprint density at radius 3 is 1.38 bits per heavy atom. The molecule has 17 rings (SSSR count). The molecule has 0 saturated heterocycles. The van der Waals surface area contributed by atoms with Gasteiger partial charge in [0.15, 0.2) is 0 Å². The number of rotatable bonds is 5. The summed E-state index contributed by atoms with van der Waals surface area (Å²) in [6.07, 6.45) is 0. The molecule has 2 spiro atoms. The summed E-state index contributed by atoms with van der Waals surface area (Å²) in [4.78, 5) is 2.51. The first-order chi connectivity index (χ1) is 37.7. The van der Waals surface area contributed by atoms with Gasteiger partial charge in [-0.2, -0.15) is 0 Å². The molecule has 2 heteroatoms. The van der Waals surface area contributed by atoms with Crippen LogP contribution in [0.5, 0.6) is 0 Å². The van der Waals surface area contributed by atoms with E-state index >= 15 is 0 Å². The maximum absolute atomic E-state index is 2.54. The Morgan fingerprint density at radius 2 is 0.711 bits per heavy atom. The molecule has 0 bridgehead atoms. The van der Waals surface area contributed by atoms with E-state index < -0.39 is 10.8 Å². The largest absolute Gasteiger partial charge is 0.310 e. The Morgan fingerprint density at radius 1 is 0.263 bits per heavy atom. The van der Waals surface area contributed by atoms with Gasteiger partial charge in [0.2, 0.25) is 0 Å². The van der Waals surface area contributed by atoms with Gasteiger partial charge in [0.25, 0.3) is 0 Å². The molecule has 76 heavy (non-hydrogen) atoms. The minimum Gasteiger partial charge on any atom is -0.310 e. The molecular weight excluding hydrogens is 917 g/mol. The van der Waals surface area contributed by atoms with Crippen molar-refractivity contribution < 1.29 is 0 Å². The zero-order chi connectivity index (χ0) is 49.7. The van der Waals surface area contributed by atoms with Crippen LogP contribution in [0.1, 0.15) is 44.5 Å². The third kappa shape index (κ3) is 5.25. The molecule has 13 aromatic rings. The van der Waals surface area contributed by atoms with Crippen LogP contribution in [0.4, 0.5) is 17.1 Å². The average Bonchev–Trinajstić information content (AvgIpc) is 3.99. The first-order valence-electron chi connectivity index (χ1n) is 26.6. The second-order valence-corrected chi connectivity index (χ2v) is 21.0. The summed E-state index contributed by atoms with van der Waals surface area (Å²) >= 11 is 0. The van der Waals surface area contributed by atoms with E-state index in [0.29, 0.717) is 0 Å². The van der Waals surface area contributed by atoms with Crippen LogP contribution in [-0.2, 0) is 10.8 Å². The number of aromatic nitrogens is 1. The molecule has 2 nitrogen and oxygen atoms in total. The molecule has 0 N–H and O–H groups in total. The van der Waals surface area contributed by atoms with Crippen molar-refractivity contribution >= 4 is 38.9 Å². The second kappa shape index (κ2) is 15.4. The molecule has 1 aliphatic heterocycles. The van der Waals surface area contributed by atoms with Crippen molar-refractivity contribution in [3.63, 3.8) is 0 Å². The van der Waals surface area contributed by atoms with Gasteiger partial charge in [-0.15, -0.1) is 0 Å². The highest BCUT2D eigenvalue weighted by molar-refractivity contribution is 6.13. The lowest BCUT2D eigenvalue weighted by molar-refractivity contribution is 0.749. The van der Waals surface area contributed by atoms with Gasteiger partial charge in [0.05, 0.1) is 33.2 Å². The maximum atomic E-state index is 2.54.